The molecule has 0 N–H and O–H groups in total. The number of hydrogen-bond acceptors (Lipinski definition) is 3. The lowest BCUT2D eigenvalue weighted by molar-refractivity contribution is 0.568. The predicted octanol–water partition coefficient (Wildman–Crippen LogP) is 5.80. The molecule has 0 bridgehead atoms. The molecule has 0 radical (unpaired) electrons. The molecule has 0 aromatic carbocycles. The van der Waals surface area contributed by atoms with Gasteiger partial charge in [-0.15, -0.1) is 0 Å². The highest BCUT2D eigenvalue weighted by Crippen LogP contribution is 2.26. The molecule has 0 amide bonds. The van der Waals surface area contributed by atoms with Crippen LogP contribution >= 0.6 is 0 Å². The van der Waals surface area contributed by atoms with Crippen molar-refractivity contribution in [2.24, 2.45) is 0 Å². The van der Waals surface area contributed by atoms with Gasteiger partial charge in [-0.2, -0.15) is 0 Å². The van der Waals surface area contributed by atoms with Crippen LogP contribution < -0.4 is 0 Å². The van der Waals surface area contributed by atoms with Gasteiger partial charge in [0.1, 0.15) is 0 Å². The molecular weight excluding hydrogens is 330 g/mol. The average molecular weight is 362 g/mol. The van der Waals surface area contributed by atoms with Gasteiger partial charge in [-0.3, -0.25) is 15.0 Å². The summed E-state index contributed by atoms with van der Waals surface area (Å²) < 4.78 is 0. The van der Waals surface area contributed by atoms with Gasteiger partial charge in [0, 0.05) is 46.2 Å². The zero-order valence-corrected chi connectivity index (χ0v) is 17.5. The maximum absolute atomic E-state index is 4.61. The Kier molecular flexibility index (Phi) is 5.32. The van der Waals surface area contributed by atoms with Gasteiger partial charge in [-0.05, 0) is 54.7 Å². The molecule has 0 spiro atoms. The van der Waals surface area contributed by atoms with Crippen LogP contribution in [0.15, 0.2) is 42.9 Å². The fourth-order valence-corrected chi connectivity index (χ4v) is 3.25. The maximum Gasteiger partial charge on any atom is 0.0736 e. The predicted molar refractivity (Wildman–Crippen MR) is 113 cm³/mol. The van der Waals surface area contributed by atoms with Crippen molar-refractivity contribution in [1.82, 2.24) is 15.0 Å². The summed E-state index contributed by atoms with van der Waals surface area (Å²) in [5.74, 6) is 0. The van der Waals surface area contributed by atoms with Crippen molar-refractivity contribution in [2.75, 3.05) is 0 Å². The molecule has 1 aliphatic carbocycles. The number of hydrogen-bond donors (Lipinski definition) is 0. The first kappa shape index (κ1) is 19.5. The Morgan fingerprint density at radius 3 is 2.19 bits per heavy atom. The largest absolute Gasteiger partial charge is 0.264 e. The molecule has 27 heavy (non-hydrogen) atoms. The van der Waals surface area contributed by atoms with E-state index >= 15 is 0 Å². The number of pyridine rings is 3. The van der Waals surface area contributed by atoms with E-state index in [4.69, 9.17) is 0 Å². The number of rotatable bonds is 0. The van der Waals surface area contributed by atoms with E-state index in [1.165, 1.54) is 36.1 Å². The summed E-state index contributed by atoms with van der Waals surface area (Å²) in [6.07, 6.45) is 9.48. The number of aromatic nitrogens is 3. The molecule has 0 saturated heterocycles. The Labute approximate surface area is 163 Å². The Morgan fingerprint density at radius 1 is 0.778 bits per heavy atom. The van der Waals surface area contributed by atoms with Crippen molar-refractivity contribution in [3.63, 3.8) is 0 Å². The molecule has 0 atom stereocenters. The SMILES string of the molecule is CC(C)(C)c1cc2c(cn1)CCC2.CC(C)(C)c1ccc2cnccc2n1. The van der Waals surface area contributed by atoms with Crippen molar-refractivity contribution >= 4 is 10.9 Å². The minimum atomic E-state index is 0.109. The molecule has 3 heterocycles. The fraction of sp³-hybridized carbons (Fsp3) is 0.458. The lowest BCUT2D eigenvalue weighted by Gasteiger charge is -2.18. The highest BCUT2D eigenvalue weighted by Gasteiger charge is 2.19. The summed E-state index contributed by atoms with van der Waals surface area (Å²) in [6, 6.07) is 8.40. The van der Waals surface area contributed by atoms with Crippen molar-refractivity contribution in [2.45, 2.75) is 71.6 Å². The van der Waals surface area contributed by atoms with Gasteiger partial charge in [-0.1, -0.05) is 41.5 Å². The van der Waals surface area contributed by atoms with Crippen LogP contribution in [-0.2, 0) is 23.7 Å². The first-order valence-corrected chi connectivity index (χ1v) is 9.84. The monoisotopic (exact) mass is 361 g/mol. The quantitative estimate of drug-likeness (QED) is 0.508. The second kappa shape index (κ2) is 7.38. The first-order valence-electron chi connectivity index (χ1n) is 9.84. The van der Waals surface area contributed by atoms with Gasteiger partial charge < -0.3 is 0 Å². The summed E-state index contributed by atoms with van der Waals surface area (Å²) in [5.41, 5.74) is 6.67. The van der Waals surface area contributed by atoms with Crippen molar-refractivity contribution in [3.05, 3.63) is 65.4 Å². The topological polar surface area (TPSA) is 38.7 Å². The molecule has 1 aliphatic rings. The molecule has 0 unspecified atom stereocenters. The lowest BCUT2D eigenvalue weighted by Crippen LogP contribution is -2.13. The Balaban J connectivity index is 0.000000156. The Hall–Kier alpha value is -2.29. The molecule has 3 heteroatoms. The molecule has 142 valence electrons. The molecular formula is C24H31N3. The van der Waals surface area contributed by atoms with Crippen molar-refractivity contribution in [3.8, 4) is 0 Å². The second-order valence-electron chi connectivity index (χ2n) is 9.46. The number of nitrogens with zero attached hydrogens (tertiary/aromatic N) is 3. The van der Waals surface area contributed by atoms with Crippen LogP contribution in [0, 0.1) is 0 Å². The van der Waals surface area contributed by atoms with Gasteiger partial charge in [-0.25, -0.2) is 0 Å². The summed E-state index contributed by atoms with van der Waals surface area (Å²) in [5, 5.41) is 1.10. The van der Waals surface area contributed by atoms with Crippen LogP contribution in [0.3, 0.4) is 0 Å². The summed E-state index contributed by atoms with van der Waals surface area (Å²) in [6.45, 7) is 13.2. The molecule has 3 aromatic rings. The minimum absolute atomic E-state index is 0.109. The third kappa shape index (κ3) is 4.71. The van der Waals surface area contributed by atoms with Gasteiger partial charge in [0.15, 0.2) is 0 Å². The molecule has 0 fully saturated rings. The van der Waals surface area contributed by atoms with E-state index in [-0.39, 0.29) is 10.8 Å². The smallest absolute Gasteiger partial charge is 0.0736 e. The van der Waals surface area contributed by atoms with Gasteiger partial charge in [0.05, 0.1) is 5.52 Å². The normalized spacial score (nSPS) is 13.9. The van der Waals surface area contributed by atoms with Gasteiger partial charge in [0.25, 0.3) is 0 Å². The van der Waals surface area contributed by atoms with Gasteiger partial charge >= 0.3 is 0 Å². The Bertz CT molecular complexity index is 930. The van der Waals surface area contributed by atoms with E-state index in [1.54, 1.807) is 6.20 Å². The van der Waals surface area contributed by atoms with E-state index in [9.17, 15) is 0 Å². The third-order valence-corrected chi connectivity index (χ3v) is 5.00. The van der Waals surface area contributed by atoms with E-state index < -0.39 is 0 Å². The molecule has 3 nitrogen and oxygen atoms in total. The van der Waals surface area contributed by atoms with E-state index in [2.05, 4.69) is 80.9 Å². The fourth-order valence-electron chi connectivity index (χ4n) is 3.25. The zero-order chi connectivity index (χ0) is 19.7. The minimum Gasteiger partial charge on any atom is -0.264 e. The van der Waals surface area contributed by atoms with E-state index in [0.717, 1.165) is 16.6 Å². The Morgan fingerprint density at radius 2 is 1.48 bits per heavy atom. The van der Waals surface area contributed by atoms with Crippen LogP contribution in [-0.4, -0.2) is 15.0 Å². The van der Waals surface area contributed by atoms with E-state index in [1.807, 2.05) is 12.3 Å². The highest BCUT2D eigenvalue weighted by atomic mass is 14.7. The zero-order valence-electron chi connectivity index (χ0n) is 17.5. The molecule has 0 saturated carbocycles. The molecule has 3 aromatic heterocycles. The standard InChI is InChI=1S/C12H14N2.C12H17N/c1-12(2,3)11-5-4-9-8-13-7-6-10(9)14-11;1-12(2,3)11-7-9-5-4-6-10(9)8-13-11/h4-8H,1-3H3;7-8H,4-6H2,1-3H3. The lowest BCUT2D eigenvalue weighted by atomic mass is 9.90. The van der Waals surface area contributed by atoms with Crippen LogP contribution in [0.2, 0.25) is 0 Å². The van der Waals surface area contributed by atoms with Crippen LogP contribution in [0.4, 0.5) is 0 Å². The van der Waals surface area contributed by atoms with Crippen LogP contribution in [0.25, 0.3) is 10.9 Å². The van der Waals surface area contributed by atoms with Gasteiger partial charge in [0.2, 0.25) is 0 Å². The van der Waals surface area contributed by atoms with Crippen LogP contribution in [0.5, 0.6) is 0 Å². The highest BCUT2D eigenvalue weighted by molar-refractivity contribution is 5.77. The van der Waals surface area contributed by atoms with Crippen molar-refractivity contribution in [1.29, 1.82) is 0 Å². The molecule has 4 rings (SSSR count). The first-order chi connectivity index (χ1) is 12.6. The summed E-state index contributed by atoms with van der Waals surface area (Å²) >= 11 is 0. The number of fused-ring (bicyclic) bond motifs is 2. The number of aryl methyl sites for hydroxylation is 2. The summed E-state index contributed by atoms with van der Waals surface area (Å²) in [7, 11) is 0. The van der Waals surface area contributed by atoms with Crippen LogP contribution in [0.1, 0.15) is 70.5 Å². The molecule has 0 aliphatic heterocycles. The van der Waals surface area contributed by atoms with Crippen molar-refractivity contribution < 1.29 is 0 Å². The average Bonchev–Trinajstić information content (AvgIpc) is 3.08. The third-order valence-electron chi connectivity index (χ3n) is 5.00. The summed E-state index contributed by atoms with van der Waals surface area (Å²) in [4.78, 5) is 13.2. The second-order valence-corrected chi connectivity index (χ2v) is 9.46. The van der Waals surface area contributed by atoms with E-state index in [0.29, 0.717) is 0 Å². The maximum atomic E-state index is 4.61.